The molecule has 2 atom stereocenters. The molecule has 450 valence electrons. The molecule has 18 nitrogen and oxygen atoms in total. The van der Waals surface area contributed by atoms with Crippen LogP contribution in [0.25, 0.3) is 0 Å². The molecule has 2 aliphatic rings. The van der Waals surface area contributed by atoms with E-state index < -0.39 is 75.5 Å². The number of nitrogens with two attached hydrogens (primary N) is 1. The normalized spacial score (nSPS) is 14.7. The number of hydrogen-bond acceptors (Lipinski definition) is 17. The standard InChI is InChI=1S/C23H25F5O5Si.C21H36N2O4Si.C5H8O5.C4H12N2.ClH.2K/c1-11-13(22(29)33-21-18(27)16(25)15(24)17(26)19(21)28)7-8-14-20(11)32-12(9-30-14)10-31-34(5,6)23(2,3)4;1-14-16(19(24)22-23-20(2,3)4)10-11-17-18(14)27-15(12-25-17)13-26-28(8,9)21(5,6)7;1-3-5(7)9-10-8-4(2)6;1-4(2,3)6-5;;;/h7-8,12H,9-10H2,1-6H3;10-11,15,23H,12-13H2,1-9H3,(H,22,24);3H2,1-2H3;6H,5H2,1-3H3;1H;;/t12-;15-;;;;;/m11...../s1. The van der Waals surface area contributed by atoms with Gasteiger partial charge in [0.15, 0.2) is 51.8 Å². The molecule has 0 fully saturated rings. The Morgan fingerprint density at radius 2 is 1.04 bits per heavy atom. The van der Waals surface area contributed by atoms with Gasteiger partial charge in [-0.05, 0) is 116 Å². The van der Waals surface area contributed by atoms with Crippen molar-refractivity contribution >= 4 is 116 Å². The second kappa shape index (κ2) is 34.5. The summed E-state index contributed by atoms with van der Waals surface area (Å²) in [6.07, 6.45) is -0.505. The minimum absolute atomic E-state index is 0. The molecule has 0 unspecified atom stereocenters. The molecule has 81 heavy (non-hydrogen) atoms. The fourth-order valence-corrected chi connectivity index (χ4v) is 7.65. The minimum atomic E-state index is -2.35. The van der Waals surface area contributed by atoms with Crippen molar-refractivity contribution in [3.63, 3.8) is 0 Å². The van der Waals surface area contributed by atoms with Gasteiger partial charge < -0.3 is 32.5 Å². The van der Waals surface area contributed by atoms with Crippen LogP contribution in [-0.4, -0.2) is 153 Å². The van der Waals surface area contributed by atoms with Gasteiger partial charge in [0, 0.05) is 46.2 Å². The number of carbonyl (C=O) groups excluding carboxylic acids is 4. The van der Waals surface area contributed by atoms with E-state index in [1.54, 1.807) is 19.1 Å². The molecule has 5 N–H and O–H groups in total. The van der Waals surface area contributed by atoms with Crippen LogP contribution in [0, 0.1) is 42.9 Å². The van der Waals surface area contributed by atoms with Crippen LogP contribution >= 0.6 is 12.4 Å². The Balaban J connectivity index is 0.00000122. The van der Waals surface area contributed by atoms with Crippen LogP contribution in [-0.2, 0) is 33.3 Å². The summed E-state index contributed by atoms with van der Waals surface area (Å²) < 4.78 is 109. The SMILES string of the molecule is CC(C)(C)NN.CCC(=O)OOOC(C)=O.Cc1c(C(=O)NNC(C)(C)C)ccc2c1O[C@@H](CO[Si](C)(C)C(C)(C)C)CO2.Cc1c(C(=O)Oc2c(F)c(F)c(F)c(F)c2F)ccc2c1O[C@@H](CO[Si](C)(C)C(C)(C)C)CO2.Cl.[K][K]. The summed E-state index contributed by atoms with van der Waals surface area (Å²) in [5.41, 5.74) is 9.55. The maximum atomic E-state index is 13.9. The van der Waals surface area contributed by atoms with Crippen molar-refractivity contribution in [1.82, 2.24) is 16.3 Å². The van der Waals surface area contributed by atoms with Crippen molar-refractivity contribution in [2.75, 3.05) is 26.4 Å². The number of amides is 1. The van der Waals surface area contributed by atoms with Crippen molar-refractivity contribution in [2.24, 2.45) is 5.84 Å². The molecule has 0 aliphatic carbocycles. The van der Waals surface area contributed by atoms with Crippen LogP contribution < -0.4 is 45.8 Å². The fourth-order valence-electron chi connectivity index (χ4n) is 5.58. The van der Waals surface area contributed by atoms with Crippen LogP contribution in [0.3, 0.4) is 0 Å². The van der Waals surface area contributed by atoms with E-state index in [2.05, 4.69) is 104 Å². The zero-order valence-corrected chi connectivity index (χ0v) is 60.2. The topological polar surface area (TPSA) is 223 Å². The number of hydrazine groups is 2. The summed E-state index contributed by atoms with van der Waals surface area (Å²) in [6, 6.07) is 6.20. The summed E-state index contributed by atoms with van der Waals surface area (Å²) in [4.78, 5) is 53.1. The molecule has 2 heterocycles. The van der Waals surface area contributed by atoms with Crippen LogP contribution in [0.2, 0.25) is 36.3 Å². The van der Waals surface area contributed by atoms with Gasteiger partial charge in [-0.15, -0.1) is 12.4 Å². The molecule has 3 aromatic carbocycles. The molecule has 0 saturated heterocycles. The Morgan fingerprint density at radius 3 is 1.40 bits per heavy atom. The van der Waals surface area contributed by atoms with E-state index in [0.717, 1.165) is 12.5 Å². The quantitative estimate of drug-likeness (QED) is 0.0144. The van der Waals surface area contributed by atoms with E-state index in [1.807, 2.05) is 48.5 Å². The first-order valence-corrected chi connectivity index (χ1v) is 47.9. The third kappa shape index (κ3) is 25.6. The summed E-state index contributed by atoms with van der Waals surface area (Å²) in [5.74, 6) is -8.89. The van der Waals surface area contributed by atoms with Crippen LogP contribution in [0.4, 0.5) is 22.0 Å². The van der Waals surface area contributed by atoms with Crippen molar-refractivity contribution in [1.29, 1.82) is 0 Å². The van der Waals surface area contributed by atoms with Gasteiger partial charge in [0.1, 0.15) is 13.2 Å². The first-order valence-electron chi connectivity index (χ1n) is 26.1. The van der Waals surface area contributed by atoms with E-state index in [-0.39, 0.29) is 82.1 Å². The number of nitrogens with one attached hydrogen (secondary N) is 3. The van der Waals surface area contributed by atoms with Crippen molar-refractivity contribution in [3.8, 4) is 28.7 Å². The Bertz CT molecular complexity index is 2560. The predicted octanol–water partition coefficient (Wildman–Crippen LogP) is 10.5. The van der Waals surface area contributed by atoms with Gasteiger partial charge >= 0.3 is 81.1 Å². The Hall–Kier alpha value is -1.85. The molecule has 5 rings (SSSR count). The predicted molar refractivity (Wildman–Crippen MR) is 305 cm³/mol. The first-order chi connectivity index (χ1) is 36.6. The van der Waals surface area contributed by atoms with Gasteiger partial charge in [-0.25, -0.2) is 33.0 Å². The van der Waals surface area contributed by atoms with Crippen LogP contribution in [0.15, 0.2) is 24.3 Å². The molecular weight excluding hydrogens is 1180 g/mol. The van der Waals surface area contributed by atoms with Crippen molar-refractivity contribution in [3.05, 3.63) is 75.6 Å². The average Bonchev–Trinajstić information content (AvgIpc) is 3.37. The third-order valence-corrected chi connectivity index (χ3v) is 21.4. The Labute approximate surface area is 527 Å². The van der Waals surface area contributed by atoms with E-state index >= 15 is 0 Å². The van der Waals surface area contributed by atoms with Gasteiger partial charge in [-0.3, -0.25) is 31.3 Å². The Kier molecular flexibility index (Phi) is 33.7. The molecule has 2 aliphatic heterocycles. The molecule has 0 bridgehead atoms. The number of benzene rings is 3. The summed E-state index contributed by atoms with van der Waals surface area (Å²) in [7, 11) is -3.92. The van der Waals surface area contributed by atoms with Gasteiger partial charge in [0.05, 0.1) is 18.8 Å². The van der Waals surface area contributed by atoms with E-state index in [4.69, 9.17) is 33.6 Å². The van der Waals surface area contributed by atoms with Gasteiger partial charge in [-0.1, -0.05) is 48.5 Å². The summed E-state index contributed by atoms with van der Waals surface area (Å²) in [5, 5.41) is 3.87. The number of rotatable bonds is 13. The van der Waals surface area contributed by atoms with Crippen molar-refractivity contribution in [2.45, 2.75) is 177 Å². The molecule has 0 spiro atoms. The molecule has 28 heteroatoms. The summed E-state index contributed by atoms with van der Waals surface area (Å²) >= 11 is 2.50. The van der Waals surface area contributed by atoms with E-state index in [1.165, 1.54) is 82.2 Å². The first kappa shape index (κ1) is 79.1. The van der Waals surface area contributed by atoms with Gasteiger partial charge in [0.2, 0.25) is 34.8 Å². The molecular formula is C53H82ClF5K2N4O14Si2. The molecule has 0 aromatic heterocycles. The molecule has 3 aromatic rings. The van der Waals surface area contributed by atoms with E-state index in [0.29, 0.717) is 36.0 Å². The monoisotopic (exact) mass is 1260 g/mol. The van der Waals surface area contributed by atoms with Crippen LogP contribution in [0.1, 0.15) is 135 Å². The number of fused-ring (bicyclic) bond motifs is 2. The fraction of sp³-hybridized carbons (Fsp3) is 0.585. The second-order valence-corrected chi connectivity index (χ2v) is 33.0. The maximum absolute atomic E-state index is 13.9. The molecule has 1 amide bonds. The number of esters is 1. The average molecular weight is 1260 g/mol. The molecule has 0 saturated carbocycles. The van der Waals surface area contributed by atoms with Gasteiger partial charge in [0.25, 0.3) is 5.91 Å². The zero-order valence-electron chi connectivity index (χ0n) is 51.1. The van der Waals surface area contributed by atoms with Crippen LogP contribution in [0.5, 0.6) is 28.7 Å². The number of carbonyl (C=O) groups is 4. The van der Waals surface area contributed by atoms with Crippen molar-refractivity contribution < 1.29 is 88.5 Å². The molecule has 0 radical (unpaired) electrons. The zero-order chi connectivity index (χ0) is 62.1. The third-order valence-electron chi connectivity index (χ3n) is 12.4. The van der Waals surface area contributed by atoms with E-state index in [9.17, 15) is 41.1 Å². The number of halogens is 6. The second-order valence-electron chi connectivity index (χ2n) is 23.3. The van der Waals surface area contributed by atoms with Gasteiger partial charge in [-0.2, -0.15) is 8.78 Å². The number of ether oxygens (including phenoxy) is 5. The summed E-state index contributed by atoms with van der Waals surface area (Å²) in [6.45, 7) is 41.0. The number of hydrogen-bond donors (Lipinski definition) is 4. The Morgan fingerprint density at radius 1 is 0.654 bits per heavy atom.